The number of rotatable bonds is 6. The predicted octanol–water partition coefficient (Wildman–Crippen LogP) is 3.03. The van der Waals surface area contributed by atoms with Crippen LogP contribution in [0, 0.1) is 0 Å². The molecule has 2 rings (SSSR count). The van der Waals surface area contributed by atoms with Crippen LogP contribution in [0.15, 0.2) is 24.5 Å². The third-order valence-corrected chi connectivity index (χ3v) is 3.14. The summed E-state index contributed by atoms with van der Waals surface area (Å²) in [6, 6.07) is 3.42. The number of amides is 1. The van der Waals surface area contributed by atoms with Gasteiger partial charge >= 0.3 is 0 Å². The molecular weight excluding hydrogens is 290 g/mol. The largest absolute Gasteiger partial charge is 0.370 e. The van der Waals surface area contributed by atoms with E-state index in [-0.39, 0.29) is 11.6 Å². The molecule has 2 N–H and O–H groups in total. The number of halogens is 1. The van der Waals surface area contributed by atoms with Crippen molar-refractivity contribution in [2.45, 2.75) is 26.8 Å². The average Bonchev–Trinajstić information content (AvgIpc) is 2.94. The van der Waals surface area contributed by atoms with Gasteiger partial charge in [0.05, 0.1) is 16.9 Å². The second-order valence-corrected chi connectivity index (χ2v) is 4.90. The van der Waals surface area contributed by atoms with Crippen LogP contribution in [0.4, 0.5) is 11.5 Å². The summed E-state index contributed by atoms with van der Waals surface area (Å²) >= 11 is 6.05. The van der Waals surface area contributed by atoms with Crippen LogP contribution in [-0.4, -0.2) is 27.2 Å². The Labute approximate surface area is 128 Å². The van der Waals surface area contributed by atoms with Crippen LogP contribution < -0.4 is 10.6 Å². The Balaban J connectivity index is 2.13. The molecule has 0 aliphatic rings. The number of nitrogens with one attached hydrogen (secondary N) is 2. The second kappa shape index (κ2) is 7.08. The third-order valence-electron chi connectivity index (χ3n) is 2.83. The molecular formula is C14H18ClN5O. The first kappa shape index (κ1) is 15.3. The summed E-state index contributed by atoms with van der Waals surface area (Å²) in [5, 5.41) is 10.3. The topological polar surface area (TPSA) is 71.8 Å². The Morgan fingerprint density at radius 1 is 1.38 bits per heavy atom. The first-order valence-corrected chi connectivity index (χ1v) is 7.26. The number of aromatic nitrogens is 3. The van der Waals surface area contributed by atoms with Gasteiger partial charge in [-0.25, -0.2) is 4.98 Å². The molecule has 21 heavy (non-hydrogen) atoms. The number of aryl methyl sites for hydroxylation is 1. The highest BCUT2D eigenvalue weighted by Crippen LogP contribution is 2.18. The summed E-state index contributed by atoms with van der Waals surface area (Å²) < 4.78 is 1.73. The second-order valence-electron chi connectivity index (χ2n) is 4.49. The minimum atomic E-state index is -0.351. The van der Waals surface area contributed by atoms with Crippen molar-refractivity contribution >= 4 is 29.0 Å². The van der Waals surface area contributed by atoms with Crippen molar-refractivity contribution in [3.05, 3.63) is 35.2 Å². The van der Waals surface area contributed by atoms with Crippen LogP contribution >= 0.6 is 11.6 Å². The Morgan fingerprint density at radius 3 is 2.86 bits per heavy atom. The molecule has 0 bridgehead atoms. The number of anilines is 2. The molecule has 0 spiro atoms. The fourth-order valence-electron chi connectivity index (χ4n) is 1.74. The van der Waals surface area contributed by atoms with Gasteiger partial charge in [0.1, 0.15) is 11.5 Å². The molecule has 7 heteroatoms. The van der Waals surface area contributed by atoms with Gasteiger partial charge in [0.25, 0.3) is 5.91 Å². The van der Waals surface area contributed by atoms with Crippen LogP contribution in [0.3, 0.4) is 0 Å². The first-order valence-electron chi connectivity index (χ1n) is 6.88. The first-order chi connectivity index (χ1) is 10.1. The number of carbonyl (C=O) groups is 1. The van der Waals surface area contributed by atoms with Gasteiger partial charge in [-0.05, 0) is 25.5 Å². The third kappa shape index (κ3) is 3.95. The van der Waals surface area contributed by atoms with E-state index < -0.39 is 0 Å². The minimum Gasteiger partial charge on any atom is -0.370 e. The normalized spacial score (nSPS) is 10.4. The molecule has 0 radical (unpaired) electrons. The minimum absolute atomic E-state index is 0.196. The molecule has 0 aliphatic heterocycles. The van der Waals surface area contributed by atoms with E-state index in [0.29, 0.717) is 16.5 Å². The predicted molar refractivity (Wildman–Crippen MR) is 83.9 cm³/mol. The van der Waals surface area contributed by atoms with Crippen molar-refractivity contribution in [3.8, 4) is 0 Å². The summed E-state index contributed by atoms with van der Waals surface area (Å²) in [6.45, 7) is 5.56. The lowest BCUT2D eigenvalue weighted by Gasteiger charge is -2.08. The Morgan fingerprint density at radius 2 is 2.19 bits per heavy atom. The lowest BCUT2D eigenvalue weighted by atomic mass is 10.3. The number of carbonyl (C=O) groups excluding carboxylic acids is 1. The molecule has 1 amide bonds. The van der Waals surface area contributed by atoms with Crippen molar-refractivity contribution in [2.75, 3.05) is 17.2 Å². The number of hydrogen-bond donors (Lipinski definition) is 2. The fourth-order valence-corrected chi connectivity index (χ4v) is 1.94. The summed E-state index contributed by atoms with van der Waals surface area (Å²) in [5.74, 6) is 0.284. The van der Waals surface area contributed by atoms with Gasteiger partial charge in [-0.2, -0.15) is 5.10 Å². The van der Waals surface area contributed by atoms with Crippen molar-refractivity contribution in [1.82, 2.24) is 14.8 Å². The van der Waals surface area contributed by atoms with E-state index in [1.54, 1.807) is 29.2 Å². The quantitative estimate of drug-likeness (QED) is 0.860. The van der Waals surface area contributed by atoms with E-state index in [4.69, 9.17) is 11.6 Å². The Kier molecular flexibility index (Phi) is 5.16. The fraction of sp³-hybridized carbons (Fsp3) is 0.357. The standard InChI is InChI=1S/C14H18ClN5O/c1-3-7-16-12-6-5-11(15)13(19-12)14(21)18-10-8-17-20(4-2)9-10/h5-6,8-9H,3-4,7H2,1-2H3,(H,16,19)(H,18,21). The molecule has 6 nitrogen and oxygen atoms in total. The number of hydrogen-bond acceptors (Lipinski definition) is 4. The summed E-state index contributed by atoms with van der Waals surface area (Å²) in [7, 11) is 0. The van der Waals surface area contributed by atoms with Crippen LogP contribution in [0.2, 0.25) is 5.02 Å². The Hall–Kier alpha value is -2.08. The maximum atomic E-state index is 12.2. The zero-order chi connectivity index (χ0) is 15.2. The molecule has 0 atom stereocenters. The molecule has 0 fully saturated rings. The van der Waals surface area contributed by atoms with Gasteiger partial charge < -0.3 is 10.6 Å². The van der Waals surface area contributed by atoms with E-state index in [1.807, 2.05) is 6.92 Å². The highest BCUT2D eigenvalue weighted by Gasteiger charge is 2.14. The molecule has 0 saturated heterocycles. The maximum absolute atomic E-state index is 12.2. The molecule has 0 aromatic carbocycles. The molecule has 2 aromatic heterocycles. The lowest BCUT2D eigenvalue weighted by Crippen LogP contribution is -2.15. The van der Waals surface area contributed by atoms with Crippen molar-refractivity contribution in [3.63, 3.8) is 0 Å². The van der Waals surface area contributed by atoms with E-state index in [0.717, 1.165) is 19.5 Å². The van der Waals surface area contributed by atoms with Crippen molar-refractivity contribution in [1.29, 1.82) is 0 Å². The van der Waals surface area contributed by atoms with Crippen LogP contribution in [0.1, 0.15) is 30.8 Å². The zero-order valence-electron chi connectivity index (χ0n) is 12.1. The van der Waals surface area contributed by atoms with Gasteiger partial charge in [0.2, 0.25) is 0 Å². The zero-order valence-corrected chi connectivity index (χ0v) is 12.8. The molecule has 0 aliphatic carbocycles. The van der Waals surface area contributed by atoms with Crippen LogP contribution in [-0.2, 0) is 6.54 Å². The highest BCUT2D eigenvalue weighted by molar-refractivity contribution is 6.34. The van der Waals surface area contributed by atoms with Gasteiger partial charge in [-0.3, -0.25) is 9.48 Å². The highest BCUT2D eigenvalue weighted by atomic mass is 35.5. The molecule has 0 unspecified atom stereocenters. The van der Waals surface area contributed by atoms with E-state index in [9.17, 15) is 4.79 Å². The van der Waals surface area contributed by atoms with Gasteiger partial charge in [0, 0.05) is 19.3 Å². The summed E-state index contributed by atoms with van der Waals surface area (Å²) in [5.41, 5.74) is 0.814. The number of nitrogens with zero attached hydrogens (tertiary/aromatic N) is 3. The average molecular weight is 308 g/mol. The molecule has 112 valence electrons. The maximum Gasteiger partial charge on any atom is 0.275 e. The Bertz CT molecular complexity index is 626. The summed E-state index contributed by atoms with van der Waals surface area (Å²) in [4.78, 5) is 16.5. The van der Waals surface area contributed by atoms with Gasteiger partial charge in [-0.1, -0.05) is 18.5 Å². The lowest BCUT2D eigenvalue weighted by molar-refractivity contribution is 0.102. The van der Waals surface area contributed by atoms with Crippen LogP contribution in [0.25, 0.3) is 0 Å². The summed E-state index contributed by atoms with van der Waals surface area (Å²) in [6.07, 6.45) is 4.32. The SMILES string of the molecule is CCCNc1ccc(Cl)c(C(=O)Nc2cnn(CC)c2)n1. The molecule has 0 saturated carbocycles. The van der Waals surface area contributed by atoms with Gasteiger partial charge in [-0.15, -0.1) is 0 Å². The smallest absolute Gasteiger partial charge is 0.275 e. The van der Waals surface area contributed by atoms with E-state index in [2.05, 4.69) is 27.6 Å². The number of pyridine rings is 1. The monoisotopic (exact) mass is 307 g/mol. The van der Waals surface area contributed by atoms with E-state index >= 15 is 0 Å². The molecule has 2 heterocycles. The van der Waals surface area contributed by atoms with Crippen molar-refractivity contribution in [2.24, 2.45) is 0 Å². The van der Waals surface area contributed by atoms with Crippen LogP contribution in [0.5, 0.6) is 0 Å². The molecule has 2 aromatic rings. The van der Waals surface area contributed by atoms with Gasteiger partial charge in [0.15, 0.2) is 0 Å². The van der Waals surface area contributed by atoms with Crippen molar-refractivity contribution < 1.29 is 4.79 Å². The van der Waals surface area contributed by atoms with E-state index in [1.165, 1.54) is 0 Å².